The van der Waals surface area contributed by atoms with Crippen LogP contribution >= 0.6 is 0 Å². The molecular weight excluding hydrogens is 236 g/mol. The first-order valence-corrected chi connectivity index (χ1v) is 6.97. The Morgan fingerprint density at radius 1 is 1.32 bits per heavy atom. The van der Waals surface area contributed by atoms with Gasteiger partial charge >= 0.3 is 0 Å². The fraction of sp³-hybridized carbons (Fsp3) is 0.438. The number of anilines is 1. The van der Waals surface area contributed by atoms with Crippen LogP contribution in [0.2, 0.25) is 0 Å². The van der Waals surface area contributed by atoms with E-state index in [9.17, 15) is 0 Å². The van der Waals surface area contributed by atoms with Crippen molar-refractivity contribution in [3.63, 3.8) is 0 Å². The molecule has 0 spiro atoms. The third-order valence-electron chi connectivity index (χ3n) is 4.34. The molecule has 1 fully saturated rings. The second-order valence-electron chi connectivity index (χ2n) is 5.36. The monoisotopic (exact) mass is 256 g/mol. The topological polar surface area (TPSA) is 34.2 Å². The van der Waals surface area contributed by atoms with E-state index in [0.29, 0.717) is 0 Å². The Balaban J connectivity index is 2.02. The van der Waals surface area contributed by atoms with Gasteiger partial charge in [-0.1, -0.05) is 13.0 Å². The zero-order valence-electron chi connectivity index (χ0n) is 11.6. The second-order valence-corrected chi connectivity index (χ2v) is 5.36. The molecule has 1 heterocycles. The van der Waals surface area contributed by atoms with Crippen LogP contribution in [-0.4, -0.2) is 17.6 Å². The summed E-state index contributed by atoms with van der Waals surface area (Å²) in [6.45, 7) is 2.25. The lowest BCUT2D eigenvalue weighted by atomic mass is 9.75. The molecule has 0 bridgehead atoms. The summed E-state index contributed by atoms with van der Waals surface area (Å²) in [5.74, 6) is 1.86. The van der Waals surface area contributed by atoms with Crippen molar-refractivity contribution in [2.75, 3.05) is 12.4 Å². The molecule has 1 aliphatic carbocycles. The van der Waals surface area contributed by atoms with Crippen molar-refractivity contribution in [3.8, 4) is 5.75 Å². The number of methoxy groups -OCH3 is 1. The molecule has 0 aliphatic heterocycles. The van der Waals surface area contributed by atoms with Crippen LogP contribution in [0.3, 0.4) is 0 Å². The van der Waals surface area contributed by atoms with E-state index in [0.717, 1.165) is 23.4 Å². The van der Waals surface area contributed by atoms with Gasteiger partial charge in [0, 0.05) is 17.1 Å². The van der Waals surface area contributed by atoms with Gasteiger partial charge in [-0.2, -0.15) is 0 Å². The summed E-state index contributed by atoms with van der Waals surface area (Å²) in [5, 5.41) is 6.01. The molecule has 19 heavy (non-hydrogen) atoms. The first kappa shape index (κ1) is 12.3. The Morgan fingerprint density at radius 2 is 2.16 bits per heavy atom. The van der Waals surface area contributed by atoms with E-state index in [1.807, 2.05) is 18.3 Å². The van der Waals surface area contributed by atoms with E-state index in [-0.39, 0.29) is 5.54 Å². The van der Waals surface area contributed by atoms with Crippen molar-refractivity contribution in [2.24, 2.45) is 0 Å². The summed E-state index contributed by atoms with van der Waals surface area (Å²) in [6.07, 6.45) is 6.82. The lowest BCUT2D eigenvalue weighted by Crippen LogP contribution is -2.44. The number of hydrogen-bond donors (Lipinski definition) is 1. The molecule has 3 rings (SSSR count). The third kappa shape index (κ3) is 2.14. The summed E-state index contributed by atoms with van der Waals surface area (Å²) in [7, 11) is 1.70. The van der Waals surface area contributed by atoms with E-state index in [4.69, 9.17) is 4.74 Å². The van der Waals surface area contributed by atoms with Gasteiger partial charge < -0.3 is 10.1 Å². The van der Waals surface area contributed by atoms with Gasteiger partial charge in [0.15, 0.2) is 0 Å². The number of nitrogens with one attached hydrogen (secondary N) is 1. The lowest BCUT2D eigenvalue weighted by molar-refractivity contribution is 0.269. The number of pyridine rings is 1. The number of hydrogen-bond acceptors (Lipinski definition) is 3. The summed E-state index contributed by atoms with van der Waals surface area (Å²) < 4.78 is 5.32. The minimum Gasteiger partial charge on any atom is -0.497 e. The Bertz CT molecular complexity index is 585. The van der Waals surface area contributed by atoms with E-state index in [2.05, 4.69) is 29.4 Å². The van der Waals surface area contributed by atoms with Crippen molar-refractivity contribution in [3.05, 3.63) is 30.5 Å². The molecule has 1 saturated carbocycles. The van der Waals surface area contributed by atoms with Gasteiger partial charge in [-0.15, -0.1) is 0 Å². The Morgan fingerprint density at radius 3 is 2.79 bits per heavy atom. The molecule has 1 aliphatic rings. The first-order valence-electron chi connectivity index (χ1n) is 6.97. The molecule has 0 radical (unpaired) electrons. The van der Waals surface area contributed by atoms with E-state index < -0.39 is 0 Å². The van der Waals surface area contributed by atoms with Crippen molar-refractivity contribution in [2.45, 2.75) is 38.1 Å². The van der Waals surface area contributed by atoms with Crippen LogP contribution in [0.15, 0.2) is 30.5 Å². The quantitative estimate of drug-likeness (QED) is 0.898. The average molecular weight is 256 g/mol. The van der Waals surface area contributed by atoms with Gasteiger partial charge in [-0.25, -0.2) is 4.98 Å². The van der Waals surface area contributed by atoms with Gasteiger partial charge in [-0.05, 0) is 49.3 Å². The highest BCUT2D eigenvalue weighted by atomic mass is 16.5. The number of fused-ring (bicyclic) bond motifs is 1. The fourth-order valence-corrected chi connectivity index (χ4v) is 2.80. The van der Waals surface area contributed by atoms with Crippen molar-refractivity contribution >= 4 is 16.6 Å². The minimum absolute atomic E-state index is 0.254. The van der Waals surface area contributed by atoms with E-state index in [1.54, 1.807) is 7.11 Å². The molecule has 0 atom stereocenters. The molecule has 1 aromatic carbocycles. The molecule has 0 amide bonds. The van der Waals surface area contributed by atoms with Gasteiger partial charge in [0.2, 0.25) is 0 Å². The molecule has 2 aromatic rings. The van der Waals surface area contributed by atoms with Crippen molar-refractivity contribution in [1.29, 1.82) is 0 Å². The van der Waals surface area contributed by atoms with E-state index in [1.165, 1.54) is 24.6 Å². The molecule has 1 N–H and O–H groups in total. The standard InChI is InChI=1S/C16H20N2O/c1-3-16(8-4-9-16)18-15-14-11-13(19-2)6-5-12(14)7-10-17-15/h5-7,10-11H,3-4,8-9H2,1-2H3,(H,17,18). The summed E-state index contributed by atoms with van der Waals surface area (Å²) in [4.78, 5) is 4.53. The smallest absolute Gasteiger partial charge is 0.134 e. The zero-order valence-corrected chi connectivity index (χ0v) is 11.6. The number of nitrogens with zero attached hydrogens (tertiary/aromatic N) is 1. The number of aromatic nitrogens is 1. The number of ether oxygens (including phenoxy) is 1. The normalized spacial score (nSPS) is 16.9. The molecular formula is C16H20N2O. The van der Waals surface area contributed by atoms with E-state index >= 15 is 0 Å². The van der Waals surface area contributed by atoms with Crippen LogP contribution in [0.5, 0.6) is 5.75 Å². The van der Waals surface area contributed by atoms with Crippen LogP contribution < -0.4 is 10.1 Å². The molecule has 100 valence electrons. The van der Waals surface area contributed by atoms with Crippen molar-refractivity contribution < 1.29 is 4.74 Å². The van der Waals surface area contributed by atoms with Gasteiger partial charge in [-0.3, -0.25) is 0 Å². The molecule has 0 saturated heterocycles. The van der Waals surface area contributed by atoms with Gasteiger partial charge in [0.25, 0.3) is 0 Å². The summed E-state index contributed by atoms with van der Waals surface area (Å²) >= 11 is 0. The highest BCUT2D eigenvalue weighted by Gasteiger charge is 2.35. The minimum atomic E-state index is 0.254. The summed E-state index contributed by atoms with van der Waals surface area (Å²) in [6, 6.07) is 8.18. The maximum atomic E-state index is 5.32. The fourth-order valence-electron chi connectivity index (χ4n) is 2.80. The Labute approximate surface area is 114 Å². The predicted octanol–water partition coefficient (Wildman–Crippen LogP) is 3.99. The maximum absolute atomic E-state index is 5.32. The molecule has 1 aromatic heterocycles. The molecule has 0 unspecified atom stereocenters. The van der Waals surface area contributed by atoms with Gasteiger partial charge in [0.05, 0.1) is 7.11 Å². The third-order valence-corrected chi connectivity index (χ3v) is 4.34. The first-order chi connectivity index (χ1) is 9.26. The second kappa shape index (κ2) is 4.72. The van der Waals surface area contributed by atoms with Crippen LogP contribution in [0.1, 0.15) is 32.6 Å². The highest BCUT2D eigenvalue weighted by molar-refractivity contribution is 5.93. The lowest BCUT2D eigenvalue weighted by Gasteiger charge is -2.42. The predicted molar refractivity (Wildman–Crippen MR) is 78.8 cm³/mol. The van der Waals surface area contributed by atoms with Crippen LogP contribution in [0.4, 0.5) is 5.82 Å². The maximum Gasteiger partial charge on any atom is 0.134 e. The average Bonchev–Trinajstić information content (AvgIpc) is 2.42. The zero-order chi connectivity index (χ0) is 13.3. The molecule has 3 heteroatoms. The Kier molecular flexibility index (Phi) is 3.05. The van der Waals surface area contributed by atoms with Crippen LogP contribution in [0, 0.1) is 0 Å². The van der Waals surface area contributed by atoms with Crippen LogP contribution in [-0.2, 0) is 0 Å². The largest absolute Gasteiger partial charge is 0.497 e. The molecule has 3 nitrogen and oxygen atoms in total. The highest BCUT2D eigenvalue weighted by Crippen LogP contribution is 2.39. The Hall–Kier alpha value is -1.77. The number of benzene rings is 1. The van der Waals surface area contributed by atoms with Crippen molar-refractivity contribution in [1.82, 2.24) is 4.98 Å². The van der Waals surface area contributed by atoms with Gasteiger partial charge in [0.1, 0.15) is 11.6 Å². The van der Waals surface area contributed by atoms with Crippen LogP contribution in [0.25, 0.3) is 10.8 Å². The SMILES string of the molecule is CCC1(Nc2nccc3ccc(OC)cc23)CCC1. The number of rotatable bonds is 4. The summed E-state index contributed by atoms with van der Waals surface area (Å²) in [5.41, 5.74) is 0.254.